The first-order chi connectivity index (χ1) is 7.21. The van der Waals surface area contributed by atoms with E-state index in [1.807, 2.05) is 0 Å². The van der Waals surface area contributed by atoms with Crippen LogP contribution in [0.1, 0.15) is 5.56 Å². The third-order valence-corrected chi connectivity index (χ3v) is 1.80. The van der Waals surface area contributed by atoms with Crippen LogP contribution in [-0.2, 0) is 4.79 Å². The first-order valence-corrected chi connectivity index (χ1v) is 4.36. The van der Waals surface area contributed by atoms with Gasteiger partial charge in [0, 0.05) is 6.08 Å². The lowest BCUT2D eigenvalue weighted by Crippen LogP contribution is -2.04. The molecule has 1 aromatic carbocycles. The summed E-state index contributed by atoms with van der Waals surface area (Å²) in [6, 6.07) is 5.16. The fraction of sp³-hybridized carbons (Fsp3) is 0.0833. The average Bonchev–Trinajstić information content (AvgIpc) is 2.29. The van der Waals surface area contributed by atoms with Crippen molar-refractivity contribution in [2.24, 2.45) is 0 Å². The molecule has 0 bridgehead atoms. The summed E-state index contributed by atoms with van der Waals surface area (Å²) in [5.74, 6) is 0.343. The zero-order valence-electron chi connectivity index (χ0n) is 8.53. The zero-order valence-corrected chi connectivity index (χ0v) is 8.53. The maximum atomic E-state index is 11.0. The molecule has 0 radical (unpaired) electrons. The topological polar surface area (TPSA) is 35.5 Å². The second-order valence-electron chi connectivity index (χ2n) is 2.74. The molecule has 0 fully saturated rings. The van der Waals surface area contributed by atoms with E-state index in [9.17, 15) is 4.79 Å². The fourth-order valence-electron chi connectivity index (χ4n) is 1.05. The number of ether oxygens (including phenoxy) is 2. The van der Waals surface area contributed by atoms with E-state index in [0.717, 1.165) is 11.6 Å². The Bertz CT molecular complexity index is 394. The molecule has 0 amide bonds. The van der Waals surface area contributed by atoms with Crippen LogP contribution >= 0.6 is 0 Å². The van der Waals surface area contributed by atoms with E-state index < -0.39 is 5.97 Å². The summed E-state index contributed by atoms with van der Waals surface area (Å²) in [4.78, 5) is 11.0. The number of rotatable bonds is 4. The Morgan fingerprint density at radius 1 is 1.33 bits per heavy atom. The van der Waals surface area contributed by atoms with Gasteiger partial charge >= 0.3 is 5.97 Å². The molecule has 78 valence electrons. The van der Waals surface area contributed by atoms with Gasteiger partial charge in [0.15, 0.2) is 11.5 Å². The molecule has 15 heavy (non-hydrogen) atoms. The van der Waals surface area contributed by atoms with Crippen LogP contribution in [0.3, 0.4) is 0 Å². The summed E-state index contributed by atoms with van der Waals surface area (Å²) in [6.07, 6.45) is 2.78. The largest absolute Gasteiger partial charge is 0.493 e. The highest BCUT2D eigenvalue weighted by Gasteiger charge is 2.07. The predicted octanol–water partition coefficient (Wildman–Crippen LogP) is 2.43. The SMILES string of the molecule is C=CC(=O)Oc1ccc(C=C)cc1OC. The summed E-state index contributed by atoms with van der Waals surface area (Å²) >= 11 is 0. The molecule has 3 heteroatoms. The van der Waals surface area contributed by atoms with Gasteiger partial charge in [0.1, 0.15) is 0 Å². The maximum Gasteiger partial charge on any atom is 0.335 e. The Hall–Kier alpha value is -2.03. The van der Waals surface area contributed by atoms with E-state index in [4.69, 9.17) is 9.47 Å². The van der Waals surface area contributed by atoms with Crippen LogP contribution in [0, 0.1) is 0 Å². The van der Waals surface area contributed by atoms with Crippen molar-refractivity contribution in [3.63, 3.8) is 0 Å². The highest BCUT2D eigenvalue weighted by molar-refractivity contribution is 5.83. The molecule has 0 atom stereocenters. The van der Waals surface area contributed by atoms with Crippen molar-refractivity contribution >= 4 is 12.0 Å². The van der Waals surface area contributed by atoms with Crippen molar-refractivity contribution in [3.05, 3.63) is 43.0 Å². The van der Waals surface area contributed by atoms with Gasteiger partial charge in [-0.05, 0) is 17.7 Å². The Balaban J connectivity index is 3.01. The van der Waals surface area contributed by atoms with Crippen molar-refractivity contribution in [2.75, 3.05) is 7.11 Å². The molecule has 3 nitrogen and oxygen atoms in total. The molecule has 0 heterocycles. The summed E-state index contributed by atoms with van der Waals surface area (Å²) in [7, 11) is 1.51. The molecule has 0 saturated heterocycles. The standard InChI is InChI=1S/C12H12O3/c1-4-9-6-7-10(11(8-9)14-3)15-12(13)5-2/h4-8H,1-2H2,3H3. The molecule has 0 aliphatic rings. The van der Waals surface area contributed by atoms with Crippen molar-refractivity contribution in [3.8, 4) is 11.5 Å². The van der Waals surface area contributed by atoms with Crippen molar-refractivity contribution < 1.29 is 14.3 Å². The molecule has 0 saturated carbocycles. The van der Waals surface area contributed by atoms with E-state index in [1.54, 1.807) is 24.3 Å². The van der Waals surface area contributed by atoms with E-state index >= 15 is 0 Å². The van der Waals surface area contributed by atoms with Crippen LogP contribution in [0.2, 0.25) is 0 Å². The summed E-state index contributed by atoms with van der Waals surface area (Å²) in [5.41, 5.74) is 0.894. The lowest BCUT2D eigenvalue weighted by molar-refractivity contribution is -0.129. The van der Waals surface area contributed by atoms with Gasteiger partial charge in [-0.15, -0.1) is 0 Å². The van der Waals surface area contributed by atoms with Crippen LogP contribution in [0.25, 0.3) is 6.08 Å². The molecule has 0 aliphatic heterocycles. The third kappa shape index (κ3) is 2.71. The van der Waals surface area contributed by atoms with Crippen LogP contribution in [-0.4, -0.2) is 13.1 Å². The first-order valence-electron chi connectivity index (χ1n) is 4.36. The lowest BCUT2D eigenvalue weighted by Gasteiger charge is -2.08. The smallest absolute Gasteiger partial charge is 0.335 e. The second kappa shape index (κ2) is 5.00. The highest BCUT2D eigenvalue weighted by atomic mass is 16.6. The van der Waals surface area contributed by atoms with Gasteiger partial charge in [-0.2, -0.15) is 0 Å². The van der Waals surface area contributed by atoms with Gasteiger partial charge in [-0.25, -0.2) is 4.79 Å². The minimum absolute atomic E-state index is 0.369. The molecule has 0 aliphatic carbocycles. The quantitative estimate of drug-likeness (QED) is 0.429. The van der Waals surface area contributed by atoms with E-state index in [1.165, 1.54) is 7.11 Å². The van der Waals surface area contributed by atoms with Gasteiger partial charge < -0.3 is 9.47 Å². The van der Waals surface area contributed by atoms with Crippen molar-refractivity contribution in [2.45, 2.75) is 0 Å². The lowest BCUT2D eigenvalue weighted by atomic mass is 10.2. The van der Waals surface area contributed by atoms with E-state index in [2.05, 4.69) is 13.2 Å². The van der Waals surface area contributed by atoms with Gasteiger partial charge in [-0.1, -0.05) is 25.3 Å². The highest BCUT2D eigenvalue weighted by Crippen LogP contribution is 2.28. The normalized spacial score (nSPS) is 9.13. The van der Waals surface area contributed by atoms with Crippen LogP contribution in [0.5, 0.6) is 11.5 Å². The predicted molar refractivity (Wildman–Crippen MR) is 58.9 cm³/mol. The van der Waals surface area contributed by atoms with Crippen LogP contribution < -0.4 is 9.47 Å². The van der Waals surface area contributed by atoms with E-state index in [0.29, 0.717) is 11.5 Å². The summed E-state index contributed by atoms with van der Waals surface area (Å²) in [5, 5.41) is 0. The molecular weight excluding hydrogens is 192 g/mol. The maximum absolute atomic E-state index is 11.0. The Labute approximate surface area is 88.6 Å². The molecular formula is C12H12O3. The fourth-order valence-corrected chi connectivity index (χ4v) is 1.05. The van der Waals surface area contributed by atoms with E-state index in [-0.39, 0.29) is 0 Å². The second-order valence-corrected chi connectivity index (χ2v) is 2.74. The number of benzene rings is 1. The molecule has 0 N–H and O–H groups in total. The molecule has 1 rings (SSSR count). The number of hydrogen-bond donors (Lipinski definition) is 0. The average molecular weight is 204 g/mol. The Morgan fingerprint density at radius 2 is 2.07 bits per heavy atom. The minimum atomic E-state index is -0.514. The summed E-state index contributed by atoms with van der Waals surface area (Å²) in [6.45, 7) is 6.95. The number of esters is 1. The number of carbonyl (C=O) groups excluding carboxylic acids is 1. The van der Waals surface area contributed by atoms with Gasteiger partial charge in [0.2, 0.25) is 0 Å². The number of carbonyl (C=O) groups is 1. The number of methoxy groups -OCH3 is 1. The minimum Gasteiger partial charge on any atom is -0.493 e. The van der Waals surface area contributed by atoms with Gasteiger partial charge in [-0.3, -0.25) is 0 Å². The van der Waals surface area contributed by atoms with Crippen LogP contribution in [0.4, 0.5) is 0 Å². The Kier molecular flexibility index (Phi) is 3.68. The molecule has 0 unspecified atom stereocenters. The van der Waals surface area contributed by atoms with Crippen LogP contribution in [0.15, 0.2) is 37.4 Å². The molecule has 0 spiro atoms. The monoisotopic (exact) mass is 204 g/mol. The third-order valence-electron chi connectivity index (χ3n) is 1.80. The van der Waals surface area contributed by atoms with Gasteiger partial charge in [0.25, 0.3) is 0 Å². The van der Waals surface area contributed by atoms with Gasteiger partial charge in [0.05, 0.1) is 7.11 Å². The number of hydrogen-bond acceptors (Lipinski definition) is 3. The molecule has 1 aromatic rings. The molecule has 0 aromatic heterocycles. The van der Waals surface area contributed by atoms with Crippen molar-refractivity contribution in [1.29, 1.82) is 0 Å². The Morgan fingerprint density at radius 3 is 2.60 bits per heavy atom. The zero-order chi connectivity index (χ0) is 11.3. The summed E-state index contributed by atoms with van der Waals surface area (Å²) < 4.78 is 10.0. The van der Waals surface area contributed by atoms with Crippen molar-refractivity contribution in [1.82, 2.24) is 0 Å². The first kappa shape index (κ1) is 11.0.